The zero-order valence-corrected chi connectivity index (χ0v) is 17.4. The molecular formula is C25H23N5. The first-order chi connectivity index (χ1) is 14.6. The maximum absolute atomic E-state index is 4.77. The molecule has 0 amide bonds. The molecule has 0 aliphatic carbocycles. The smallest absolute Gasteiger partial charge is 0.160 e. The van der Waals surface area contributed by atoms with Crippen LogP contribution in [-0.2, 0) is 13.6 Å². The van der Waals surface area contributed by atoms with Crippen molar-refractivity contribution in [2.24, 2.45) is 7.05 Å². The third-order valence-electron chi connectivity index (χ3n) is 5.68. The van der Waals surface area contributed by atoms with Crippen molar-refractivity contribution in [3.05, 3.63) is 90.0 Å². The van der Waals surface area contributed by atoms with Gasteiger partial charge in [0, 0.05) is 31.2 Å². The molecule has 30 heavy (non-hydrogen) atoms. The Hall–Kier alpha value is -3.73. The molecule has 0 saturated carbocycles. The molecule has 0 saturated heterocycles. The normalized spacial score (nSPS) is 11.3. The summed E-state index contributed by atoms with van der Waals surface area (Å²) >= 11 is 0. The van der Waals surface area contributed by atoms with Crippen LogP contribution >= 0.6 is 0 Å². The van der Waals surface area contributed by atoms with E-state index < -0.39 is 0 Å². The highest BCUT2D eigenvalue weighted by molar-refractivity contribution is 5.71. The lowest BCUT2D eigenvalue weighted by molar-refractivity contribution is 0.664. The molecule has 0 N–H and O–H groups in total. The highest BCUT2D eigenvalue weighted by Gasteiger charge is 2.13. The SMILES string of the molecule is Cc1ccc(-c2ccc(-c3nc4ccn(Cc5ccnn5C)cc-4n3)cc2)cc1C. The number of fused-ring (bicyclic) bond motifs is 1. The van der Waals surface area contributed by atoms with Gasteiger partial charge in [-0.3, -0.25) is 4.68 Å². The molecular weight excluding hydrogens is 370 g/mol. The number of imidazole rings is 1. The molecule has 2 aromatic carbocycles. The first-order valence-corrected chi connectivity index (χ1v) is 10.1. The topological polar surface area (TPSA) is 48.5 Å². The Balaban J connectivity index is 1.42. The molecule has 5 heteroatoms. The fourth-order valence-electron chi connectivity index (χ4n) is 3.66. The van der Waals surface area contributed by atoms with Crippen LogP contribution in [0.4, 0.5) is 0 Å². The third-order valence-corrected chi connectivity index (χ3v) is 5.68. The number of pyridine rings is 1. The van der Waals surface area contributed by atoms with E-state index >= 15 is 0 Å². The van der Waals surface area contributed by atoms with Crippen molar-refractivity contribution in [3.8, 4) is 33.9 Å². The summed E-state index contributed by atoms with van der Waals surface area (Å²) in [7, 11) is 1.95. The van der Waals surface area contributed by atoms with Gasteiger partial charge in [0.25, 0.3) is 0 Å². The van der Waals surface area contributed by atoms with Crippen molar-refractivity contribution in [1.29, 1.82) is 0 Å². The molecule has 3 aromatic rings. The van der Waals surface area contributed by atoms with E-state index in [2.05, 4.69) is 66.0 Å². The van der Waals surface area contributed by atoms with Gasteiger partial charge in [-0.1, -0.05) is 42.5 Å². The molecule has 0 fully saturated rings. The number of benzene rings is 2. The molecule has 0 spiro atoms. The van der Waals surface area contributed by atoms with Crippen LogP contribution in [0.1, 0.15) is 16.8 Å². The average Bonchev–Trinajstić information content (AvgIpc) is 3.36. The fourth-order valence-corrected chi connectivity index (χ4v) is 3.66. The second kappa shape index (κ2) is 7.26. The van der Waals surface area contributed by atoms with E-state index in [0.29, 0.717) is 0 Å². The summed E-state index contributed by atoms with van der Waals surface area (Å²) < 4.78 is 4.00. The summed E-state index contributed by atoms with van der Waals surface area (Å²) in [5.41, 5.74) is 9.02. The van der Waals surface area contributed by atoms with E-state index in [1.807, 2.05) is 42.5 Å². The minimum absolute atomic E-state index is 0.749. The number of hydrogen-bond donors (Lipinski definition) is 0. The molecule has 3 heterocycles. The Kier molecular flexibility index (Phi) is 4.43. The number of rotatable bonds is 4. The largest absolute Gasteiger partial charge is 0.346 e. The Morgan fingerprint density at radius 1 is 0.767 bits per heavy atom. The van der Waals surface area contributed by atoms with E-state index in [9.17, 15) is 0 Å². The molecule has 0 bridgehead atoms. The summed E-state index contributed by atoms with van der Waals surface area (Å²) in [5, 5.41) is 4.23. The molecule has 0 unspecified atom stereocenters. The maximum Gasteiger partial charge on any atom is 0.160 e. The van der Waals surface area contributed by atoms with Gasteiger partial charge in [0.1, 0.15) is 5.69 Å². The number of aromatic nitrogens is 5. The van der Waals surface area contributed by atoms with Gasteiger partial charge in [0.15, 0.2) is 5.82 Å². The van der Waals surface area contributed by atoms with Gasteiger partial charge in [-0.25, -0.2) is 9.97 Å². The first-order valence-electron chi connectivity index (χ1n) is 10.1. The van der Waals surface area contributed by atoms with Gasteiger partial charge < -0.3 is 4.57 Å². The van der Waals surface area contributed by atoms with Crippen LogP contribution in [0.15, 0.2) is 73.2 Å². The molecule has 2 aliphatic rings. The second-order valence-corrected chi connectivity index (χ2v) is 7.76. The highest BCUT2D eigenvalue weighted by Crippen LogP contribution is 2.28. The van der Waals surface area contributed by atoms with Gasteiger partial charge in [-0.2, -0.15) is 5.10 Å². The minimum atomic E-state index is 0.749. The van der Waals surface area contributed by atoms with Crippen molar-refractivity contribution < 1.29 is 0 Å². The van der Waals surface area contributed by atoms with E-state index in [1.54, 1.807) is 0 Å². The Morgan fingerprint density at radius 3 is 2.23 bits per heavy atom. The summed E-state index contributed by atoms with van der Waals surface area (Å²) in [6.45, 7) is 5.04. The number of nitrogens with zero attached hydrogens (tertiary/aromatic N) is 5. The summed E-state index contributed by atoms with van der Waals surface area (Å²) in [4.78, 5) is 9.49. The summed E-state index contributed by atoms with van der Waals surface area (Å²) in [6, 6.07) is 19.1. The fraction of sp³-hybridized carbons (Fsp3) is 0.160. The van der Waals surface area contributed by atoms with Gasteiger partial charge in [-0.15, -0.1) is 0 Å². The summed E-state index contributed by atoms with van der Waals surface area (Å²) in [5.74, 6) is 0.759. The van der Waals surface area contributed by atoms with Crippen molar-refractivity contribution in [3.63, 3.8) is 0 Å². The van der Waals surface area contributed by atoms with Gasteiger partial charge in [-0.05, 0) is 48.2 Å². The predicted octanol–water partition coefficient (Wildman–Crippen LogP) is 5.12. The predicted molar refractivity (Wildman–Crippen MR) is 119 cm³/mol. The van der Waals surface area contributed by atoms with E-state index in [1.165, 1.54) is 22.3 Å². The lowest BCUT2D eigenvalue weighted by atomic mass is 9.99. The quantitative estimate of drug-likeness (QED) is 0.426. The lowest BCUT2D eigenvalue weighted by Gasteiger charge is -2.07. The van der Waals surface area contributed by atoms with Crippen molar-refractivity contribution in [2.75, 3.05) is 0 Å². The van der Waals surface area contributed by atoms with Crippen LogP contribution in [0, 0.1) is 13.8 Å². The number of aryl methyl sites for hydroxylation is 3. The standard InChI is InChI=1S/C25H23N5/c1-17-4-5-21(14-18(17)2)19-6-8-20(9-7-19)25-27-23-11-13-30(16-24(23)28-25)15-22-10-12-26-29(22)3/h4-14,16H,15H2,1-3H3. The van der Waals surface area contributed by atoms with Gasteiger partial charge >= 0.3 is 0 Å². The molecule has 148 valence electrons. The number of hydrogen-bond acceptors (Lipinski definition) is 3. The zero-order chi connectivity index (χ0) is 20.7. The molecule has 0 radical (unpaired) electrons. The molecule has 1 aromatic heterocycles. The van der Waals surface area contributed by atoms with Crippen LogP contribution in [-0.4, -0.2) is 24.3 Å². The maximum atomic E-state index is 4.77. The molecule has 5 rings (SSSR count). The van der Waals surface area contributed by atoms with Crippen molar-refractivity contribution in [2.45, 2.75) is 20.4 Å². The van der Waals surface area contributed by atoms with Crippen molar-refractivity contribution in [1.82, 2.24) is 24.3 Å². The van der Waals surface area contributed by atoms with E-state index in [0.717, 1.165) is 35.0 Å². The van der Waals surface area contributed by atoms with Crippen LogP contribution in [0.5, 0.6) is 0 Å². The lowest BCUT2D eigenvalue weighted by Crippen LogP contribution is -2.06. The second-order valence-electron chi connectivity index (χ2n) is 7.76. The summed E-state index contributed by atoms with van der Waals surface area (Å²) in [6.07, 6.45) is 5.90. The van der Waals surface area contributed by atoms with Crippen LogP contribution in [0.3, 0.4) is 0 Å². The van der Waals surface area contributed by atoms with Crippen molar-refractivity contribution >= 4 is 0 Å². The van der Waals surface area contributed by atoms with Crippen LogP contribution in [0.2, 0.25) is 0 Å². The highest BCUT2D eigenvalue weighted by atomic mass is 15.3. The Morgan fingerprint density at radius 2 is 1.50 bits per heavy atom. The molecule has 5 nitrogen and oxygen atoms in total. The van der Waals surface area contributed by atoms with Crippen LogP contribution in [0.25, 0.3) is 33.9 Å². The van der Waals surface area contributed by atoms with Gasteiger partial charge in [0.2, 0.25) is 0 Å². The first kappa shape index (κ1) is 18.3. The average molecular weight is 393 g/mol. The van der Waals surface area contributed by atoms with Gasteiger partial charge in [0.05, 0.1) is 17.9 Å². The van der Waals surface area contributed by atoms with E-state index in [-0.39, 0.29) is 0 Å². The monoisotopic (exact) mass is 393 g/mol. The Bertz CT molecular complexity index is 1290. The van der Waals surface area contributed by atoms with Crippen LogP contribution < -0.4 is 0 Å². The molecule has 0 atom stereocenters. The zero-order valence-electron chi connectivity index (χ0n) is 17.4. The van der Waals surface area contributed by atoms with E-state index in [4.69, 9.17) is 9.97 Å². The Labute approximate surface area is 176 Å². The molecule has 2 aliphatic heterocycles. The minimum Gasteiger partial charge on any atom is -0.346 e. The third kappa shape index (κ3) is 3.39.